The second-order valence-electron chi connectivity index (χ2n) is 3.30. The Kier molecular flexibility index (Phi) is 2.35. The molecule has 0 aromatic heterocycles. The highest BCUT2D eigenvalue weighted by molar-refractivity contribution is 5.81. The van der Waals surface area contributed by atoms with Crippen LogP contribution in [0.5, 0.6) is 5.75 Å². The fraction of sp³-hybridized carbons (Fsp3) is 0.250. The van der Waals surface area contributed by atoms with Crippen LogP contribution in [0.15, 0.2) is 24.3 Å². The maximum atomic E-state index is 10.5. The summed E-state index contributed by atoms with van der Waals surface area (Å²) in [5, 5.41) is 0. The van der Waals surface area contributed by atoms with E-state index in [-0.39, 0.29) is 0 Å². The van der Waals surface area contributed by atoms with Crippen LogP contribution in [0.3, 0.4) is 0 Å². The number of aldehydes is 1. The topological polar surface area (TPSA) is 26.3 Å². The van der Waals surface area contributed by atoms with Gasteiger partial charge < -0.3 is 4.74 Å². The average Bonchev–Trinajstić information content (AvgIpc) is 2.61. The van der Waals surface area contributed by atoms with E-state index in [9.17, 15) is 4.79 Å². The van der Waals surface area contributed by atoms with E-state index in [1.807, 2.05) is 12.1 Å². The second kappa shape index (κ2) is 3.66. The molecule has 1 aromatic rings. The number of hydrogen-bond donors (Lipinski definition) is 0. The largest absolute Gasteiger partial charge is 0.488 e. The normalized spacial score (nSPS) is 16.5. The summed E-state index contributed by atoms with van der Waals surface area (Å²) in [5.41, 5.74) is 3.01. The SMILES string of the molecule is CC/C=C1/COc2cc(C=O)ccc21. The van der Waals surface area contributed by atoms with Gasteiger partial charge in [0, 0.05) is 11.1 Å². The Labute approximate surface area is 83.2 Å². The molecule has 0 unspecified atom stereocenters. The summed E-state index contributed by atoms with van der Waals surface area (Å²) in [6.07, 6.45) is 4.01. The molecule has 2 heteroatoms. The fourth-order valence-electron chi connectivity index (χ4n) is 1.65. The molecule has 0 saturated heterocycles. The molecule has 1 aliphatic heterocycles. The van der Waals surface area contributed by atoms with Gasteiger partial charge in [0.05, 0.1) is 0 Å². The van der Waals surface area contributed by atoms with Crippen LogP contribution in [0.2, 0.25) is 0 Å². The first-order chi connectivity index (χ1) is 6.85. The maximum absolute atomic E-state index is 10.5. The molecule has 2 rings (SSSR count). The lowest BCUT2D eigenvalue weighted by Gasteiger charge is -1.97. The van der Waals surface area contributed by atoms with Gasteiger partial charge in [-0.3, -0.25) is 4.79 Å². The van der Waals surface area contributed by atoms with Crippen molar-refractivity contribution in [3.8, 4) is 5.75 Å². The summed E-state index contributed by atoms with van der Waals surface area (Å²) in [7, 11) is 0. The third-order valence-corrected chi connectivity index (χ3v) is 2.32. The van der Waals surface area contributed by atoms with E-state index in [1.165, 1.54) is 5.57 Å². The van der Waals surface area contributed by atoms with Gasteiger partial charge >= 0.3 is 0 Å². The molecule has 0 spiro atoms. The zero-order chi connectivity index (χ0) is 9.97. The van der Waals surface area contributed by atoms with Gasteiger partial charge in [-0.05, 0) is 18.1 Å². The van der Waals surface area contributed by atoms with Crippen LogP contribution < -0.4 is 4.74 Å². The van der Waals surface area contributed by atoms with Crippen LogP contribution in [0.1, 0.15) is 29.3 Å². The van der Waals surface area contributed by atoms with E-state index in [1.54, 1.807) is 6.07 Å². The number of fused-ring (bicyclic) bond motifs is 1. The quantitative estimate of drug-likeness (QED) is 0.667. The van der Waals surface area contributed by atoms with Crippen molar-refractivity contribution in [3.05, 3.63) is 35.4 Å². The highest BCUT2D eigenvalue weighted by atomic mass is 16.5. The number of carbonyl (C=O) groups is 1. The Bertz CT molecular complexity index is 391. The Morgan fingerprint density at radius 3 is 3.07 bits per heavy atom. The van der Waals surface area contributed by atoms with Crippen molar-refractivity contribution in [1.82, 2.24) is 0 Å². The van der Waals surface area contributed by atoms with Crippen molar-refractivity contribution in [2.45, 2.75) is 13.3 Å². The van der Waals surface area contributed by atoms with Gasteiger partial charge in [0.25, 0.3) is 0 Å². The van der Waals surface area contributed by atoms with Crippen LogP contribution in [-0.2, 0) is 0 Å². The van der Waals surface area contributed by atoms with Crippen LogP contribution in [-0.4, -0.2) is 12.9 Å². The predicted molar refractivity (Wildman–Crippen MR) is 55.6 cm³/mol. The number of allylic oxidation sites excluding steroid dienone is 1. The summed E-state index contributed by atoms with van der Waals surface area (Å²) >= 11 is 0. The molecule has 1 aliphatic rings. The lowest BCUT2D eigenvalue weighted by Crippen LogP contribution is -1.87. The monoisotopic (exact) mass is 188 g/mol. The molecule has 0 N–H and O–H groups in total. The fourth-order valence-corrected chi connectivity index (χ4v) is 1.65. The van der Waals surface area contributed by atoms with Gasteiger partial charge in [-0.1, -0.05) is 25.1 Å². The molecule has 0 radical (unpaired) electrons. The van der Waals surface area contributed by atoms with Gasteiger partial charge in [-0.25, -0.2) is 0 Å². The Morgan fingerprint density at radius 1 is 1.50 bits per heavy atom. The summed E-state index contributed by atoms with van der Waals surface area (Å²) in [6.45, 7) is 2.73. The third-order valence-electron chi connectivity index (χ3n) is 2.32. The first-order valence-corrected chi connectivity index (χ1v) is 4.76. The molecule has 1 aromatic carbocycles. The molecule has 0 saturated carbocycles. The van der Waals surface area contributed by atoms with Crippen LogP contribution >= 0.6 is 0 Å². The van der Waals surface area contributed by atoms with Gasteiger partial charge in [0.1, 0.15) is 18.6 Å². The standard InChI is InChI=1S/C12H12O2/c1-2-3-10-8-14-12-6-9(7-13)4-5-11(10)12/h3-7H,2,8H2,1H3/b10-3-. The average molecular weight is 188 g/mol. The molecule has 72 valence electrons. The van der Waals surface area contributed by atoms with E-state index < -0.39 is 0 Å². The van der Waals surface area contributed by atoms with E-state index in [4.69, 9.17) is 4.74 Å². The maximum Gasteiger partial charge on any atom is 0.150 e. The minimum absolute atomic E-state index is 0.630. The molecule has 0 atom stereocenters. The highest BCUT2D eigenvalue weighted by Crippen LogP contribution is 2.33. The lowest BCUT2D eigenvalue weighted by molar-refractivity contribution is 0.112. The Balaban J connectivity index is 2.43. The smallest absolute Gasteiger partial charge is 0.150 e. The minimum Gasteiger partial charge on any atom is -0.488 e. The summed E-state index contributed by atoms with van der Waals surface area (Å²) < 4.78 is 5.48. The number of benzene rings is 1. The van der Waals surface area contributed by atoms with Crippen molar-refractivity contribution in [3.63, 3.8) is 0 Å². The highest BCUT2D eigenvalue weighted by Gasteiger charge is 2.16. The van der Waals surface area contributed by atoms with Crippen molar-refractivity contribution in [1.29, 1.82) is 0 Å². The van der Waals surface area contributed by atoms with Crippen molar-refractivity contribution in [2.75, 3.05) is 6.61 Å². The Morgan fingerprint density at radius 2 is 2.36 bits per heavy atom. The summed E-state index contributed by atoms with van der Waals surface area (Å²) in [4.78, 5) is 10.5. The molecule has 2 nitrogen and oxygen atoms in total. The Hall–Kier alpha value is -1.57. The first kappa shape index (κ1) is 9.00. The van der Waals surface area contributed by atoms with Crippen molar-refractivity contribution >= 4 is 11.9 Å². The number of ether oxygens (including phenoxy) is 1. The van der Waals surface area contributed by atoms with Crippen molar-refractivity contribution < 1.29 is 9.53 Å². The number of rotatable bonds is 2. The summed E-state index contributed by atoms with van der Waals surface area (Å²) in [6, 6.07) is 5.57. The number of hydrogen-bond acceptors (Lipinski definition) is 2. The van der Waals surface area contributed by atoms with E-state index >= 15 is 0 Å². The van der Waals surface area contributed by atoms with E-state index in [2.05, 4.69) is 13.0 Å². The zero-order valence-corrected chi connectivity index (χ0v) is 8.12. The van der Waals surface area contributed by atoms with Crippen LogP contribution in [0.4, 0.5) is 0 Å². The van der Waals surface area contributed by atoms with Crippen LogP contribution in [0, 0.1) is 0 Å². The van der Waals surface area contributed by atoms with Gasteiger partial charge in [-0.15, -0.1) is 0 Å². The van der Waals surface area contributed by atoms with Crippen LogP contribution in [0.25, 0.3) is 5.57 Å². The predicted octanol–water partition coefficient (Wildman–Crippen LogP) is 2.68. The number of carbonyl (C=O) groups excluding carboxylic acids is 1. The lowest BCUT2D eigenvalue weighted by atomic mass is 10.1. The first-order valence-electron chi connectivity index (χ1n) is 4.76. The molecule has 14 heavy (non-hydrogen) atoms. The molecular weight excluding hydrogens is 176 g/mol. The van der Waals surface area contributed by atoms with Gasteiger partial charge in [0.2, 0.25) is 0 Å². The van der Waals surface area contributed by atoms with E-state index in [0.717, 1.165) is 24.0 Å². The van der Waals surface area contributed by atoms with Crippen molar-refractivity contribution in [2.24, 2.45) is 0 Å². The molecule has 1 heterocycles. The zero-order valence-electron chi connectivity index (χ0n) is 8.12. The molecular formula is C12H12O2. The van der Waals surface area contributed by atoms with Gasteiger partial charge in [0.15, 0.2) is 0 Å². The third kappa shape index (κ3) is 1.43. The molecule has 0 amide bonds. The molecule has 0 bridgehead atoms. The summed E-state index contributed by atoms with van der Waals surface area (Å²) in [5.74, 6) is 0.828. The molecule has 0 aliphatic carbocycles. The minimum atomic E-state index is 0.630. The van der Waals surface area contributed by atoms with E-state index in [0.29, 0.717) is 12.2 Å². The molecule has 0 fully saturated rings. The second-order valence-corrected chi connectivity index (χ2v) is 3.30. The van der Waals surface area contributed by atoms with Gasteiger partial charge in [-0.2, -0.15) is 0 Å².